The van der Waals surface area contributed by atoms with E-state index in [1.807, 2.05) is 17.7 Å². The molecule has 3 heterocycles. The summed E-state index contributed by atoms with van der Waals surface area (Å²) < 4.78 is 16.3. The second-order valence-corrected chi connectivity index (χ2v) is 6.71. The van der Waals surface area contributed by atoms with Crippen LogP contribution < -0.4 is 0 Å². The van der Waals surface area contributed by atoms with Crippen molar-refractivity contribution in [1.82, 2.24) is 24.6 Å². The minimum absolute atomic E-state index is 0.263. The number of aryl methyl sites for hydroxylation is 1. The van der Waals surface area contributed by atoms with Gasteiger partial charge in [0.2, 0.25) is 0 Å². The molecule has 130 valence electrons. The van der Waals surface area contributed by atoms with Crippen molar-refractivity contribution in [2.75, 3.05) is 19.6 Å². The molecular formula is C19H22FN5. The van der Waals surface area contributed by atoms with E-state index in [1.54, 1.807) is 12.3 Å². The maximum Gasteiger partial charge on any atom is 0.161 e. The van der Waals surface area contributed by atoms with Gasteiger partial charge < -0.3 is 4.90 Å². The molecule has 0 atom stereocenters. The van der Waals surface area contributed by atoms with Crippen LogP contribution in [0.4, 0.5) is 4.39 Å². The molecule has 0 amide bonds. The Morgan fingerprint density at radius 1 is 1.08 bits per heavy atom. The van der Waals surface area contributed by atoms with Crippen molar-refractivity contribution in [3.63, 3.8) is 0 Å². The summed E-state index contributed by atoms with van der Waals surface area (Å²) in [4.78, 5) is 11.2. The summed E-state index contributed by atoms with van der Waals surface area (Å²) in [6, 6.07) is 5.20. The molecule has 6 heteroatoms. The van der Waals surface area contributed by atoms with Crippen molar-refractivity contribution in [3.05, 3.63) is 42.1 Å². The first kappa shape index (κ1) is 16.1. The van der Waals surface area contributed by atoms with Gasteiger partial charge in [0.25, 0.3) is 0 Å². The topological polar surface area (TPSA) is 46.8 Å². The summed E-state index contributed by atoms with van der Waals surface area (Å²) in [7, 11) is 0. The number of likely N-dealkylation sites (tertiary alicyclic amines) is 1. The molecule has 3 aromatic rings. The van der Waals surface area contributed by atoms with Gasteiger partial charge in [-0.05, 0) is 50.6 Å². The molecule has 0 unspecified atom stereocenters. The standard InChI is InChI=1S/C19H22FN5/c1-14-5-6-15(17(20)11-14)18-16-12-23-25(19(16)22-13-21-18)10-9-24-7-3-2-4-8-24/h5-6,11-13H,2-4,7-10H2,1H3. The van der Waals surface area contributed by atoms with Gasteiger partial charge in [-0.2, -0.15) is 5.10 Å². The maximum atomic E-state index is 14.4. The molecule has 0 radical (unpaired) electrons. The lowest BCUT2D eigenvalue weighted by atomic mass is 10.1. The predicted molar refractivity (Wildman–Crippen MR) is 95.7 cm³/mol. The lowest BCUT2D eigenvalue weighted by Gasteiger charge is -2.26. The van der Waals surface area contributed by atoms with Gasteiger partial charge in [0.15, 0.2) is 5.65 Å². The molecule has 0 N–H and O–H groups in total. The first-order chi connectivity index (χ1) is 12.2. The second-order valence-electron chi connectivity index (χ2n) is 6.71. The third-order valence-corrected chi connectivity index (χ3v) is 4.89. The number of rotatable bonds is 4. The molecule has 5 nitrogen and oxygen atoms in total. The van der Waals surface area contributed by atoms with Gasteiger partial charge in [0, 0.05) is 12.1 Å². The Hall–Kier alpha value is -2.34. The number of hydrogen-bond donors (Lipinski definition) is 0. The lowest BCUT2D eigenvalue weighted by molar-refractivity contribution is 0.219. The summed E-state index contributed by atoms with van der Waals surface area (Å²) in [6.45, 7) is 5.95. The largest absolute Gasteiger partial charge is 0.301 e. The highest BCUT2D eigenvalue weighted by molar-refractivity contribution is 5.90. The zero-order valence-electron chi connectivity index (χ0n) is 14.5. The number of hydrogen-bond acceptors (Lipinski definition) is 4. The summed E-state index contributed by atoms with van der Waals surface area (Å²) in [5.41, 5.74) is 2.76. The van der Waals surface area contributed by atoms with Crippen LogP contribution in [0.5, 0.6) is 0 Å². The van der Waals surface area contributed by atoms with E-state index in [9.17, 15) is 4.39 Å². The maximum absolute atomic E-state index is 14.4. The van der Waals surface area contributed by atoms with Crippen molar-refractivity contribution in [2.24, 2.45) is 0 Å². The van der Waals surface area contributed by atoms with E-state index in [-0.39, 0.29) is 5.82 Å². The average molecular weight is 339 g/mol. The van der Waals surface area contributed by atoms with Gasteiger partial charge in [-0.25, -0.2) is 19.0 Å². The smallest absolute Gasteiger partial charge is 0.161 e. The van der Waals surface area contributed by atoms with Gasteiger partial charge in [0.05, 0.1) is 23.8 Å². The lowest BCUT2D eigenvalue weighted by Crippen LogP contribution is -2.32. The van der Waals surface area contributed by atoms with Crippen LogP contribution in [0.25, 0.3) is 22.3 Å². The van der Waals surface area contributed by atoms with Gasteiger partial charge >= 0.3 is 0 Å². The first-order valence-corrected chi connectivity index (χ1v) is 8.88. The Bertz CT molecular complexity index is 883. The van der Waals surface area contributed by atoms with Gasteiger partial charge in [-0.3, -0.25) is 0 Å². The number of fused-ring (bicyclic) bond motifs is 1. The quantitative estimate of drug-likeness (QED) is 0.731. The summed E-state index contributed by atoms with van der Waals surface area (Å²) in [5, 5.41) is 5.27. The Kier molecular flexibility index (Phi) is 4.44. The van der Waals surface area contributed by atoms with Crippen molar-refractivity contribution in [3.8, 4) is 11.3 Å². The van der Waals surface area contributed by atoms with E-state index in [2.05, 4.69) is 20.0 Å². The van der Waals surface area contributed by atoms with Crippen LogP contribution in [0.3, 0.4) is 0 Å². The van der Waals surface area contributed by atoms with Crippen molar-refractivity contribution < 1.29 is 4.39 Å². The van der Waals surface area contributed by atoms with Crippen molar-refractivity contribution in [2.45, 2.75) is 32.7 Å². The minimum Gasteiger partial charge on any atom is -0.301 e. The molecule has 0 spiro atoms. The Balaban J connectivity index is 1.63. The number of aromatic nitrogens is 4. The average Bonchev–Trinajstić information content (AvgIpc) is 3.04. The van der Waals surface area contributed by atoms with Crippen LogP contribution in [0.15, 0.2) is 30.7 Å². The Morgan fingerprint density at radius 2 is 1.92 bits per heavy atom. The molecule has 1 aliphatic rings. The molecule has 1 saturated heterocycles. The van der Waals surface area contributed by atoms with E-state index in [0.29, 0.717) is 11.3 Å². The summed E-state index contributed by atoms with van der Waals surface area (Å²) in [6.07, 6.45) is 7.13. The number of piperidine rings is 1. The highest BCUT2D eigenvalue weighted by Crippen LogP contribution is 2.27. The minimum atomic E-state index is -0.263. The van der Waals surface area contributed by atoms with Crippen LogP contribution in [-0.4, -0.2) is 44.3 Å². The number of benzene rings is 1. The fraction of sp³-hybridized carbons (Fsp3) is 0.421. The Labute approximate surface area is 146 Å². The van der Waals surface area contributed by atoms with E-state index in [0.717, 1.165) is 42.8 Å². The molecule has 0 bridgehead atoms. The molecule has 0 aliphatic carbocycles. The van der Waals surface area contributed by atoms with Crippen LogP contribution in [0.1, 0.15) is 24.8 Å². The number of nitrogens with zero attached hydrogens (tertiary/aromatic N) is 5. The third-order valence-electron chi connectivity index (χ3n) is 4.89. The van der Waals surface area contributed by atoms with Crippen LogP contribution >= 0.6 is 0 Å². The molecule has 1 fully saturated rings. The van der Waals surface area contributed by atoms with Crippen LogP contribution in [0.2, 0.25) is 0 Å². The van der Waals surface area contributed by atoms with Crippen molar-refractivity contribution in [1.29, 1.82) is 0 Å². The summed E-state index contributed by atoms with van der Waals surface area (Å²) >= 11 is 0. The molecular weight excluding hydrogens is 317 g/mol. The predicted octanol–water partition coefficient (Wildman–Crippen LogP) is 3.43. The highest BCUT2D eigenvalue weighted by atomic mass is 19.1. The SMILES string of the molecule is Cc1ccc(-c2ncnc3c2cnn3CCN2CCCCC2)c(F)c1. The zero-order chi connectivity index (χ0) is 17.2. The van der Waals surface area contributed by atoms with E-state index in [4.69, 9.17) is 0 Å². The number of halogens is 1. The van der Waals surface area contributed by atoms with Crippen molar-refractivity contribution >= 4 is 11.0 Å². The Morgan fingerprint density at radius 3 is 2.72 bits per heavy atom. The van der Waals surface area contributed by atoms with E-state index >= 15 is 0 Å². The first-order valence-electron chi connectivity index (χ1n) is 8.88. The fourth-order valence-corrected chi connectivity index (χ4v) is 3.50. The van der Waals surface area contributed by atoms with Gasteiger partial charge in [-0.1, -0.05) is 12.5 Å². The molecule has 1 aliphatic heterocycles. The molecule has 2 aromatic heterocycles. The molecule has 0 saturated carbocycles. The molecule has 25 heavy (non-hydrogen) atoms. The summed E-state index contributed by atoms with van der Waals surface area (Å²) in [5.74, 6) is -0.263. The van der Waals surface area contributed by atoms with Gasteiger partial charge in [-0.15, -0.1) is 0 Å². The normalized spacial score (nSPS) is 15.8. The van der Waals surface area contributed by atoms with Gasteiger partial charge in [0.1, 0.15) is 12.1 Å². The van der Waals surface area contributed by atoms with Crippen LogP contribution in [-0.2, 0) is 6.54 Å². The fourth-order valence-electron chi connectivity index (χ4n) is 3.50. The second kappa shape index (κ2) is 6.88. The monoisotopic (exact) mass is 339 g/mol. The zero-order valence-corrected chi connectivity index (χ0v) is 14.5. The van der Waals surface area contributed by atoms with E-state index < -0.39 is 0 Å². The third kappa shape index (κ3) is 3.26. The molecule has 1 aromatic carbocycles. The highest BCUT2D eigenvalue weighted by Gasteiger charge is 2.16. The van der Waals surface area contributed by atoms with E-state index in [1.165, 1.54) is 31.7 Å². The van der Waals surface area contributed by atoms with Crippen LogP contribution in [0, 0.1) is 12.7 Å². The molecule has 4 rings (SSSR count).